The predicted octanol–water partition coefficient (Wildman–Crippen LogP) is 0.870. The normalized spacial score (nSPS) is 25.2. The molecule has 2 aromatic heterocycles. The van der Waals surface area contributed by atoms with Crippen molar-refractivity contribution in [1.82, 2.24) is 15.0 Å². The number of rotatable bonds is 4. The fourth-order valence-corrected chi connectivity index (χ4v) is 4.50. The van der Waals surface area contributed by atoms with Gasteiger partial charge in [0.2, 0.25) is 0 Å². The molecule has 4 atom stereocenters. The van der Waals surface area contributed by atoms with Gasteiger partial charge in [-0.2, -0.15) is 0 Å². The molecule has 5 N–H and O–H groups in total. The molecule has 142 valence electrons. The van der Waals surface area contributed by atoms with E-state index in [0.717, 1.165) is 10.2 Å². The number of aryl methyl sites for hydroxylation is 1. The van der Waals surface area contributed by atoms with Crippen molar-refractivity contribution in [3.8, 4) is 10.6 Å². The second-order valence-electron chi connectivity index (χ2n) is 6.77. The first-order valence-electron chi connectivity index (χ1n) is 8.68. The molecule has 1 fully saturated rings. The SMILES string of the molecule is Cc1nc(NC2C[C@H](CO)[C@@H](O)[C@H]2O)c(-c2nc3ccccc3s2)c(=O)[nH]1. The Hall–Kier alpha value is -2.33. The number of thiazole rings is 1. The number of hydrogen-bond donors (Lipinski definition) is 5. The van der Waals surface area contributed by atoms with Gasteiger partial charge in [0.1, 0.15) is 28.3 Å². The lowest BCUT2D eigenvalue weighted by molar-refractivity contribution is 0.00446. The van der Waals surface area contributed by atoms with Crippen molar-refractivity contribution in [3.05, 3.63) is 40.4 Å². The van der Waals surface area contributed by atoms with E-state index in [1.165, 1.54) is 11.3 Å². The predicted molar refractivity (Wildman–Crippen MR) is 103 cm³/mol. The fraction of sp³-hybridized carbons (Fsp3) is 0.389. The smallest absolute Gasteiger partial charge is 0.263 e. The van der Waals surface area contributed by atoms with E-state index in [-0.39, 0.29) is 12.2 Å². The fourth-order valence-electron chi connectivity index (χ4n) is 3.49. The summed E-state index contributed by atoms with van der Waals surface area (Å²) in [7, 11) is 0. The summed E-state index contributed by atoms with van der Waals surface area (Å²) in [4.78, 5) is 24.3. The van der Waals surface area contributed by atoms with Crippen molar-refractivity contribution in [2.24, 2.45) is 5.92 Å². The molecule has 0 aliphatic heterocycles. The quantitative estimate of drug-likeness (QED) is 0.448. The number of aliphatic hydroxyl groups excluding tert-OH is 3. The maximum Gasteiger partial charge on any atom is 0.263 e. The molecule has 8 nitrogen and oxygen atoms in total. The Morgan fingerprint density at radius 3 is 2.74 bits per heavy atom. The Bertz CT molecular complexity index is 1000. The average Bonchev–Trinajstić information content (AvgIpc) is 3.17. The number of hydrogen-bond acceptors (Lipinski definition) is 8. The van der Waals surface area contributed by atoms with Crippen molar-refractivity contribution >= 4 is 27.4 Å². The molecule has 0 radical (unpaired) electrons. The van der Waals surface area contributed by atoms with Gasteiger partial charge in [-0.3, -0.25) is 4.79 Å². The van der Waals surface area contributed by atoms with Crippen LogP contribution in [0, 0.1) is 12.8 Å². The number of H-pyrrole nitrogens is 1. The van der Waals surface area contributed by atoms with Crippen LogP contribution in [0.3, 0.4) is 0 Å². The van der Waals surface area contributed by atoms with Gasteiger partial charge >= 0.3 is 0 Å². The van der Waals surface area contributed by atoms with Crippen molar-refractivity contribution in [3.63, 3.8) is 0 Å². The second-order valence-corrected chi connectivity index (χ2v) is 7.80. The minimum absolute atomic E-state index is 0.219. The van der Waals surface area contributed by atoms with Crippen LogP contribution in [0.4, 0.5) is 5.82 Å². The van der Waals surface area contributed by atoms with E-state index < -0.39 is 24.2 Å². The topological polar surface area (TPSA) is 131 Å². The largest absolute Gasteiger partial charge is 0.396 e. The summed E-state index contributed by atoms with van der Waals surface area (Å²) in [5.74, 6) is 0.316. The molecule has 1 aliphatic rings. The zero-order valence-corrected chi connectivity index (χ0v) is 15.4. The van der Waals surface area contributed by atoms with Crippen LogP contribution in [-0.2, 0) is 0 Å². The van der Waals surface area contributed by atoms with Crippen LogP contribution in [0.15, 0.2) is 29.1 Å². The van der Waals surface area contributed by atoms with E-state index in [0.29, 0.717) is 28.6 Å². The van der Waals surface area contributed by atoms with Gasteiger partial charge in [0.15, 0.2) is 0 Å². The lowest BCUT2D eigenvalue weighted by Crippen LogP contribution is -2.36. The maximum absolute atomic E-state index is 12.7. The van der Waals surface area contributed by atoms with E-state index in [2.05, 4.69) is 20.3 Å². The van der Waals surface area contributed by atoms with E-state index in [4.69, 9.17) is 0 Å². The van der Waals surface area contributed by atoms with Crippen LogP contribution in [0.1, 0.15) is 12.2 Å². The molecule has 2 heterocycles. The van der Waals surface area contributed by atoms with E-state index in [9.17, 15) is 20.1 Å². The number of benzene rings is 1. The van der Waals surface area contributed by atoms with Gasteiger partial charge < -0.3 is 25.6 Å². The molecule has 0 spiro atoms. The van der Waals surface area contributed by atoms with Crippen molar-refractivity contribution < 1.29 is 15.3 Å². The van der Waals surface area contributed by atoms with Gasteiger partial charge in [-0.1, -0.05) is 12.1 Å². The highest BCUT2D eigenvalue weighted by molar-refractivity contribution is 7.21. The summed E-state index contributed by atoms with van der Waals surface area (Å²) < 4.78 is 0.954. The van der Waals surface area contributed by atoms with Crippen LogP contribution in [-0.4, -0.2) is 55.1 Å². The zero-order valence-electron chi connectivity index (χ0n) is 14.6. The Kier molecular flexibility index (Phi) is 4.68. The molecular weight excluding hydrogens is 368 g/mol. The standard InChI is InChI=1S/C18H20N4O4S/c1-8-19-16(21-11-6-9(7-23)14(24)15(11)25)13(17(26)20-8)18-22-10-4-2-3-5-12(10)27-18/h2-5,9,11,14-15,23-25H,6-7H2,1H3,(H2,19,20,21,26)/t9-,11?,14-,15+/m1/s1. The third kappa shape index (κ3) is 3.23. The second kappa shape index (κ2) is 7.01. The lowest BCUT2D eigenvalue weighted by atomic mass is 10.1. The van der Waals surface area contributed by atoms with Crippen LogP contribution in [0.2, 0.25) is 0 Å². The molecule has 1 aliphatic carbocycles. The third-order valence-corrected chi connectivity index (χ3v) is 5.96. The van der Waals surface area contributed by atoms with Crippen LogP contribution in [0.25, 0.3) is 20.8 Å². The highest BCUT2D eigenvalue weighted by Gasteiger charge is 2.41. The van der Waals surface area contributed by atoms with E-state index in [1.54, 1.807) is 6.92 Å². The molecule has 1 aromatic carbocycles. The van der Waals surface area contributed by atoms with Crippen LogP contribution in [0.5, 0.6) is 0 Å². The van der Waals surface area contributed by atoms with Gasteiger partial charge in [-0.05, 0) is 25.5 Å². The van der Waals surface area contributed by atoms with Gasteiger partial charge in [0, 0.05) is 12.5 Å². The molecule has 0 saturated heterocycles. The summed E-state index contributed by atoms with van der Waals surface area (Å²) in [6.07, 6.45) is -1.72. The summed E-state index contributed by atoms with van der Waals surface area (Å²) in [5.41, 5.74) is 0.770. The minimum Gasteiger partial charge on any atom is -0.396 e. The Morgan fingerprint density at radius 2 is 2.04 bits per heavy atom. The summed E-state index contributed by atoms with van der Waals surface area (Å²) in [6, 6.07) is 7.07. The van der Waals surface area contributed by atoms with Gasteiger partial charge in [-0.25, -0.2) is 9.97 Å². The zero-order chi connectivity index (χ0) is 19.1. The molecule has 0 amide bonds. The van der Waals surface area contributed by atoms with Crippen LogP contribution >= 0.6 is 11.3 Å². The highest BCUT2D eigenvalue weighted by Crippen LogP contribution is 2.34. The summed E-state index contributed by atoms with van der Waals surface area (Å²) in [5, 5.41) is 33.3. The van der Waals surface area contributed by atoms with Crippen LogP contribution < -0.4 is 10.9 Å². The van der Waals surface area contributed by atoms with Gasteiger partial charge in [-0.15, -0.1) is 11.3 Å². The number of aliphatic hydroxyl groups is 3. The number of fused-ring (bicyclic) bond motifs is 1. The van der Waals surface area contributed by atoms with E-state index in [1.807, 2.05) is 24.3 Å². The maximum atomic E-state index is 12.7. The van der Waals surface area contributed by atoms with Crippen molar-refractivity contribution in [1.29, 1.82) is 0 Å². The molecule has 9 heteroatoms. The molecule has 4 rings (SSSR count). The van der Waals surface area contributed by atoms with E-state index >= 15 is 0 Å². The molecule has 0 bridgehead atoms. The molecular formula is C18H20N4O4S. The average molecular weight is 388 g/mol. The first kappa shape index (κ1) is 18.1. The minimum atomic E-state index is -1.06. The first-order valence-corrected chi connectivity index (χ1v) is 9.50. The Morgan fingerprint density at radius 1 is 1.26 bits per heavy atom. The number of nitrogens with zero attached hydrogens (tertiary/aromatic N) is 2. The number of anilines is 1. The van der Waals surface area contributed by atoms with Crippen molar-refractivity contribution in [2.75, 3.05) is 11.9 Å². The van der Waals surface area contributed by atoms with Crippen molar-refractivity contribution in [2.45, 2.75) is 31.6 Å². The molecule has 27 heavy (non-hydrogen) atoms. The monoisotopic (exact) mass is 388 g/mol. The molecule has 3 aromatic rings. The lowest BCUT2D eigenvalue weighted by Gasteiger charge is -2.19. The number of nitrogens with one attached hydrogen (secondary N) is 2. The molecule has 1 saturated carbocycles. The number of para-hydroxylation sites is 1. The first-order chi connectivity index (χ1) is 13.0. The molecule has 1 unspecified atom stereocenters. The summed E-state index contributed by atoms with van der Waals surface area (Å²) in [6.45, 7) is 1.45. The van der Waals surface area contributed by atoms with Gasteiger partial charge in [0.25, 0.3) is 5.56 Å². The Balaban J connectivity index is 1.76. The van der Waals surface area contributed by atoms with Gasteiger partial charge in [0.05, 0.1) is 22.4 Å². The number of aromatic nitrogens is 3. The summed E-state index contributed by atoms with van der Waals surface area (Å²) >= 11 is 1.39. The highest BCUT2D eigenvalue weighted by atomic mass is 32.1. The number of aromatic amines is 1. The Labute approximate surface area is 158 Å². The third-order valence-electron chi connectivity index (χ3n) is 4.90.